The molecule has 0 atom stereocenters. The van der Waals surface area contributed by atoms with Gasteiger partial charge in [0.1, 0.15) is 0 Å². The summed E-state index contributed by atoms with van der Waals surface area (Å²) in [4.78, 5) is 27.0. The molecule has 0 unspecified atom stereocenters. The zero-order valence-electron chi connectivity index (χ0n) is 20.4. The summed E-state index contributed by atoms with van der Waals surface area (Å²) in [6, 6.07) is 14.3. The van der Waals surface area contributed by atoms with Crippen molar-refractivity contribution in [2.45, 2.75) is 57.0 Å². The fraction of sp³-hybridized carbons (Fsp3) is 0.481. The maximum atomic E-state index is 13.0. The molecular weight excluding hydrogens is 462 g/mol. The molecule has 2 aromatic carbocycles. The average molecular weight is 498 g/mol. The number of piperidine rings is 2. The summed E-state index contributed by atoms with van der Waals surface area (Å²) in [6.45, 7) is 5.72. The second-order valence-corrected chi connectivity index (χ2v) is 11.5. The van der Waals surface area contributed by atoms with Crippen LogP contribution >= 0.6 is 0 Å². The number of hydrogen-bond acceptors (Lipinski definition) is 5. The van der Waals surface area contributed by atoms with Crippen molar-refractivity contribution in [3.8, 4) is 0 Å². The number of likely N-dealkylation sites (tertiary alicyclic amines) is 1. The summed E-state index contributed by atoms with van der Waals surface area (Å²) in [5, 5.41) is 3.09. The molecule has 4 rings (SSSR count). The monoisotopic (exact) mass is 497 g/mol. The minimum absolute atomic E-state index is 0.0133. The molecule has 0 saturated carbocycles. The molecule has 188 valence electrons. The first kappa shape index (κ1) is 25.5. The number of ketones is 1. The van der Waals surface area contributed by atoms with Gasteiger partial charge in [-0.05, 0) is 69.0 Å². The third-order valence-electron chi connectivity index (χ3n) is 7.14. The van der Waals surface area contributed by atoms with Crippen LogP contribution in [0.5, 0.6) is 0 Å². The van der Waals surface area contributed by atoms with Gasteiger partial charge in [0, 0.05) is 37.7 Å². The highest BCUT2D eigenvalue weighted by molar-refractivity contribution is 7.89. The van der Waals surface area contributed by atoms with Crippen LogP contribution in [0.15, 0.2) is 53.4 Å². The third kappa shape index (κ3) is 6.37. The van der Waals surface area contributed by atoms with Gasteiger partial charge in [-0.1, -0.05) is 42.8 Å². The second-order valence-electron chi connectivity index (χ2n) is 9.58. The zero-order valence-corrected chi connectivity index (χ0v) is 21.2. The van der Waals surface area contributed by atoms with E-state index in [4.69, 9.17) is 0 Å². The predicted molar refractivity (Wildman–Crippen MR) is 135 cm³/mol. The molecule has 0 spiro atoms. The van der Waals surface area contributed by atoms with Crippen molar-refractivity contribution in [1.29, 1.82) is 0 Å². The largest absolute Gasteiger partial charge is 0.352 e. The minimum atomic E-state index is -3.64. The number of amides is 1. The third-order valence-corrected chi connectivity index (χ3v) is 9.05. The molecule has 2 aliphatic rings. The van der Waals surface area contributed by atoms with Gasteiger partial charge >= 0.3 is 0 Å². The van der Waals surface area contributed by atoms with Crippen molar-refractivity contribution in [3.63, 3.8) is 0 Å². The quantitative estimate of drug-likeness (QED) is 0.563. The Kier molecular flexibility index (Phi) is 8.36. The lowest BCUT2D eigenvalue weighted by molar-refractivity contribution is -0.126. The number of hydrogen-bond donors (Lipinski definition) is 1. The molecule has 2 aliphatic heterocycles. The Labute approximate surface area is 208 Å². The van der Waals surface area contributed by atoms with Crippen LogP contribution in [0.3, 0.4) is 0 Å². The molecule has 0 aromatic heterocycles. The molecule has 0 bridgehead atoms. The summed E-state index contributed by atoms with van der Waals surface area (Å²) >= 11 is 0. The fourth-order valence-electron chi connectivity index (χ4n) is 4.94. The Hall–Kier alpha value is -2.55. The highest BCUT2D eigenvalue weighted by atomic mass is 32.2. The number of rotatable bonds is 8. The van der Waals surface area contributed by atoms with Gasteiger partial charge in [0.25, 0.3) is 0 Å². The van der Waals surface area contributed by atoms with Crippen molar-refractivity contribution in [3.05, 3.63) is 65.2 Å². The normalized spacial score (nSPS) is 18.3. The van der Waals surface area contributed by atoms with Crippen LogP contribution in [-0.2, 0) is 27.9 Å². The van der Waals surface area contributed by atoms with E-state index in [1.54, 1.807) is 12.1 Å². The number of Topliss-reactive ketones (excluding diaryl/α,β-unsaturated/α-hetero) is 1. The predicted octanol–water partition coefficient (Wildman–Crippen LogP) is 3.59. The van der Waals surface area contributed by atoms with Crippen LogP contribution in [0.25, 0.3) is 0 Å². The number of benzene rings is 2. The number of nitrogens with zero attached hydrogens (tertiary/aromatic N) is 2. The van der Waals surface area contributed by atoms with Crippen LogP contribution in [0.4, 0.5) is 0 Å². The summed E-state index contributed by atoms with van der Waals surface area (Å²) in [5.74, 6) is -0.314. The van der Waals surface area contributed by atoms with E-state index in [-0.39, 0.29) is 22.5 Å². The lowest BCUT2D eigenvalue weighted by Crippen LogP contribution is -2.42. The molecule has 1 amide bonds. The molecule has 2 heterocycles. The molecule has 2 fully saturated rings. The molecule has 8 heteroatoms. The van der Waals surface area contributed by atoms with E-state index in [0.29, 0.717) is 38.0 Å². The summed E-state index contributed by atoms with van der Waals surface area (Å²) < 4.78 is 27.4. The lowest BCUT2D eigenvalue weighted by atomic mass is 9.97. The lowest BCUT2D eigenvalue weighted by Gasteiger charge is -2.30. The van der Waals surface area contributed by atoms with Crippen molar-refractivity contribution in [2.24, 2.45) is 5.92 Å². The number of nitrogens with one attached hydrogen (secondary N) is 1. The molecule has 35 heavy (non-hydrogen) atoms. The van der Waals surface area contributed by atoms with Gasteiger partial charge in [-0.2, -0.15) is 4.31 Å². The number of carbonyl (C=O) groups is 2. The van der Waals surface area contributed by atoms with Gasteiger partial charge in [0.15, 0.2) is 5.78 Å². The Balaban J connectivity index is 1.30. The Bertz CT molecular complexity index is 1130. The van der Waals surface area contributed by atoms with Crippen molar-refractivity contribution in [2.75, 3.05) is 26.2 Å². The second kappa shape index (κ2) is 11.5. The number of sulfonamides is 1. The summed E-state index contributed by atoms with van der Waals surface area (Å²) in [7, 11) is -3.64. The number of carbonyl (C=O) groups excluding carboxylic acids is 2. The smallest absolute Gasteiger partial charge is 0.243 e. The summed E-state index contributed by atoms with van der Waals surface area (Å²) in [6.07, 6.45) is 4.78. The van der Waals surface area contributed by atoms with Crippen LogP contribution < -0.4 is 5.32 Å². The standard InChI is InChI=1S/C27H35N3O4S/c1-21(31)22-9-11-26(12-10-22)35(33,34)30-17-13-23(14-18-30)27(32)28-19-24-7-3-4-8-25(24)20-29-15-5-2-6-16-29/h3-4,7-12,23H,2,5-6,13-20H2,1H3,(H,28,32). The topological polar surface area (TPSA) is 86.8 Å². The highest BCUT2D eigenvalue weighted by Gasteiger charge is 2.32. The van der Waals surface area contributed by atoms with Crippen LogP contribution in [0, 0.1) is 5.92 Å². The molecule has 0 aliphatic carbocycles. The van der Waals surface area contributed by atoms with E-state index in [9.17, 15) is 18.0 Å². The first-order valence-corrected chi connectivity index (χ1v) is 14.0. The van der Waals surface area contributed by atoms with Crippen LogP contribution in [0.2, 0.25) is 0 Å². The molecular formula is C27H35N3O4S. The molecule has 0 radical (unpaired) electrons. The Morgan fingerprint density at radius 1 is 0.886 bits per heavy atom. The molecule has 1 N–H and O–H groups in total. The van der Waals surface area contributed by atoms with Gasteiger partial charge < -0.3 is 5.32 Å². The highest BCUT2D eigenvalue weighted by Crippen LogP contribution is 2.25. The SMILES string of the molecule is CC(=O)c1ccc(S(=O)(=O)N2CCC(C(=O)NCc3ccccc3CN3CCCCC3)CC2)cc1. The van der Waals surface area contributed by atoms with Gasteiger partial charge in [-0.25, -0.2) is 8.42 Å². The molecule has 7 nitrogen and oxygen atoms in total. The molecule has 2 saturated heterocycles. The first-order chi connectivity index (χ1) is 16.8. The van der Waals surface area contributed by atoms with E-state index in [1.807, 2.05) is 6.07 Å². The molecule has 2 aromatic rings. The van der Waals surface area contributed by atoms with Crippen LogP contribution in [0.1, 0.15) is 60.5 Å². The fourth-order valence-corrected chi connectivity index (χ4v) is 6.41. The Morgan fingerprint density at radius 2 is 1.51 bits per heavy atom. The maximum Gasteiger partial charge on any atom is 0.243 e. The van der Waals surface area contributed by atoms with E-state index in [1.165, 1.54) is 48.2 Å². The van der Waals surface area contributed by atoms with E-state index >= 15 is 0 Å². The zero-order chi connectivity index (χ0) is 24.8. The van der Waals surface area contributed by atoms with Gasteiger partial charge in [0.2, 0.25) is 15.9 Å². The Morgan fingerprint density at radius 3 is 2.14 bits per heavy atom. The van der Waals surface area contributed by atoms with Gasteiger partial charge in [-0.3, -0.25) is 14.5 Å². The van der Waals surface area contributed by atoms with E-state index < -0.39 is 10.0 Å². The van der Waals surface area contributed by atoms with Crippen molar-refractivity contribution < 1.29 is 18.0 Å². The minimum Gasteiger partial charge on any atom is -0.352 e. The van der Waals surface area contributed by atoms with Gasteiger partial charge in [0.05, 0.1) is 4.90 Å². The first-order valence-electron chi connectivity index (χ1n) is 12.5. The maximum absolute atomic E-state index is 13.0. The summed E-state index contributed by atoms with van der Waals surface area (Å²) in [5.41, 5.74) is 2.88. The van der Waals surface area contributed by atoms with Crippen LogP contribution in [-0.4, -0.2) is 55.5 Å². The van der Waals surface area contributed by atoms with Crippen molar-refractivity contribution in [1.82, 2.24) is 14.5 Å². The van der Waals surface area contributed by atoms with E-state index in [0.717, 1.165) is 25.2 Å². The van der Waals surface area contributed by atoms with Crippen molar-refractivity contribution >= 4 is 21.7 Å². The van der Waals surface area contributed by atoms with E-state index in [2.05, 4.69) is 28.4 Å². The van der Waals surface area contributed by atoms with Gasteiger partial charge in [-0.15, -0.1) is 0 Å². The average Bonchev–Trinajstić information content (AvgIpc) is 2.88.